The first-order valence-corrected chi connectivity index (χ1v) is 6.79. The quantitative estimate of drug-likeness (QED) is 0.832. The summed E-state index contributed by atoms with van der Waals surface area (Å²) >= 11 is 0. The van der Waals surface area contributed by atoms with Crippen molar-refractivity contribution in [1.29, 1.82) is 0 Å². The van der Waals surface area contributed by atoms with Crippen LogP contribution < -0.4 is 5.73 Å². The molecule has 2 rings (SSSR count). The average Bonchev–Trinajstić information content (AvgIpc) is 2.39. The molecule has 2 heterocycles. The fraction of sp³-hybridized carbons (Fsp3) is 0.571. The Kier molecular flexibility index (Phi) is 4.74. The number of carbonyl (C=O) groups is 1. The van der Waals surface area contributed by atoms with Gasteiger partial charge in [0.15, 0.2) is 0 Å². The lowest BCUT2D eigenvalue weighted by Crippen LogP contribution is -2.39. The van der Waals surface area contributed by atoms with Gasteiger partial charge in [-0.05, 0) is 38.4 Å². The molecule has 0 amide bonds. The molecule has 1 unspecified atom stereocenters. The van der Waals surface area contributed by atoms with Crippen molar-refractivity contribution < 1.29 is 9.53 Å². The fourth-order valence-corrected chi connectivity index (χ4v) is 2.47. The molecule has 0 aliphatic carbocycles. The maximum absolute atomic E-state index is 11.8. The number of esters is 1. The lowest BCUT2D eigenvalue weighted by Gasteiger charge is -2.31. The number of rotatable bonds is 4. The maximum atomic E-state index is 11.8. The first-order chi connectivity index (χ1) is 9.19. The molecular weight excluding hydrogens is 242 g/mol. The number of nitrogens with zero attached hydrogens (tertiary/aromatic N) is 2. The predicted molar refractivity (Wildman–Crippen MR) is 73.3 cm³/mol. The van der Waals surface area contributed by atoms with Crippen LogP contribution in [0.2, 0.25) is 0 Å². The SMILES string of the molecule is CCOC(=O)C1CCCN(Cc2cccc(N)n2)C1. The van der Waals surface area contributed by atoms with Crippen molar-refractivity contribution in [2.45, 2.75) is 26.3 Å². The van der Waals surface area contributed by atoms with E-state index in [0.717, 1.165) is 38.2 Å². The Labute approximate surface area is 113 Å². The molecule has 5 nitrogen and oxygen atoms in total. The molecular formula is C14H21N3O2. The molecule has 5 heteroatoms. The molecule has 0 saturated carbocycles. The molecule has 19 heavy (non-hydrogen) atoms. The van der Waals surface area contributed by atoms with Gasteiger partial charge in [-0.1, -0.05) is 6.07 Å². The Hall–Kier alpha value is -1.62. The Morgan fingerprint density at radius 1 is 1.58 bits per heavy atom. The van der Waals surface area contributed by atoms with Crippen molar-refractivity contribution in [3.8, 4) is 0 Å². The van der Waals surface area contributed by atoms with Crippen LogP contribution in [0.4, 0.5) is 5.82 Å². The number of pyridine rings is 1. The van der Waals surface area contributed by atoms with Gasteiger partial charge in [-0.2, -0.15) is 0 Å². The molecule has 0 aromatic carbocycles. The number of piperidine rings is 1. The van der Waals surface area contributed by atoms with Gasteiger partial charge in [0.2, 0.25) is 0 Å². The smallest absolute Gasteiger partial charge is 0.310 e. The van der Waals surface area contributed by atoms with Gasteiger partial charge < -0.3 is 10.5 Å². The molecule has 0 radical (unpaired) electrons. The normalized spacial score (nSPS) is 20.2. The van der Waals surface area contributed by atoms with Crippen LogP contribution in [-0.2, 0) is 16.1 Å². The Balaban J connectivity index is 1.92. The summed E-state index contributed by atoms with van der Waals surface area (Å²) in [5.41, 5.74) is 6.62. The lowest BCUT2D eigenvalue weighted by atomic mass is 9.98. The number of nitrogens with two attached hydrogens (primary N) is 1. The van der Waals surface area contributed by atoms with E-state index >= 15 is 0 Å². The molecule has 1 aliphatic heterocycles. The van der Waals surface area contributed by atoms with Gasteiger partial charge in [0, 0.05) is 13.1 Å². The first-order valence-electron chi connectivity index (χ1n) is 6.79. The summed E-state index contributed by atoms with van der Waals surface area (Å²) in [7, 11) is 0. The van der Waals surface area contributed by atoms with E-state index < -0.39 is 0 Å². The largest absolute Gasteiger partial charge is 0.466 e. The van der Waals surface area contributed by atoms with E-state index in [1.807, 2.05) is 19.1 Å². The van der Waals surface area contributed by atoms with Crippen LogP contribution in [0, 0.1) is 5.92 Å². The second-order valence-corrected chi connectivity index (χ2v) is 4.88. The van der Waals surface area contributed by atoms with Crippen LogP contribution in [0.5, 0.6) is 0 Å². The molecule has 1 aromatic heterocycles. The fourth-order valence-electron chi connectivity index (χ4n) is 2.47. The zero-order valence-corrected chi connectivity index (χ0v) is 11.3. The number of likely N-dealkylation sites (tertiary alicyclic amines) is 1. The Bertz CT molecular complexity index is 436. The minimum absolute atomic E-state index is 0.00485. The molecule has 104 valence electrons. The highest BCUT2D eigenvalue weighted by Gasteiger charge is 2.26. The van der Waals surface area contributed by atoms with Crippen molar-refractivity contribution in [2.24, 2.45) is 5.92 Å². The topological polar surface area (TPSA) is 68.5 Å². The third-order valence-electron chi connectivity index (χ3n) is 3.34. The highest BCUT2D eigenvalue weighted by Crippen LogP contribution is 2.19. The number of ether oxygens (including phenoxy) is 1. The minimum atomic E-state index is -0.0762. The highest BCUT2D eigenvalue weighted by molar-refractivity contribution is 5.72. The molecule has 1 aromatic rings. The summed E-state index contributed by atoms with van der Waals surface area (Å²) in [4.78, 5) is 18.3. The van der Waals surface area contributed by atoms with Gasteiger partial charge >= 0.3 is 5.97 Å². The van der Waals surface area contributed by atoms with Crippen molar-refractivity contribution in [1.82, 2.24) is 9.88 Å². The second kappa shape index (κ2) is 6.52. The van der Waals surface area contributed by atoms with Crippen LogP contribution in [0.3, 0.4) is 0 Å². The van der Waals surface area contributed by atoms with Crippen LogP contribution >= 0.6 is 0 Å². The van der Waals surface area contributed by atoms with E-state index in [4.69, 9.17) is 10.5 Å². The standard InChI is InChI=1S/C14H21N3O2/c1-2-19-14(18)11-5-4-8-17(9-11)10-12-6-3-7-13(15)16-12/h3,6-7,11H,2,4-5,8-10H2,1H3,(H2,15,16). The molecule has 1 fully saturated rings. The van der Waals surface area contributed by atoms with Crippen LogP contribution in [0.15, 0.2) is 18.2 Å². The van der Waals surface area contributed by atoms with E-state index in [0.29, 0.717) is 12.4 Å². The van der Waals surface area contributed by atoms with Crippen LogP contribution in [0.25, 0.3) is 0 Å². The van der Waals surface area contributed by atoms with Gasteiger partial charge in [-0.3, -0.25) is 9.69 Å². The van der Waals surface area contributed by atoms with Gasteiger partial charge in [-0.15, -0.1) is 0 Å². The zero-order valence-electron chi connectivity index (χ0n) is 11.3. The highest BCUT2D eigenvalue weighted by atomic mass is 16.5. The summed E-state index contributed by atoms with van der Waals surface area (Å²) in [6.07, 6.45) is 1.94. The van der Waals surface area contributed by atoms with E-state index in [2.05, 4.69) is 9.88 Å². The third kappa shape index (κ3) is 3.92. The molecule has 1 atom stereocenters. The van der Waals surface area contributed by atoms with Gasteiger partial charge in [0.05, 0.1) is 18.2 Å². The van der Waals surface area contributed by atoms with E-state index in [1.54, 1.807) is 6.07 Å². The summed E-state index contributed by atoms with van der Waals surface area (Å²) in [5.74, 6) is 0.457. The maximum Gasteiger partial charge on any atom is 0.310 e. The summed E-state index contributed by atoms with van der Waals surface area (Å²) < 4.78 is 5.10. The molecule has 2 N–H and O–H groups in total. The summed E-state index contributed by atoms with van der Waals surface area (Å²) in [6, 6.07) is 5.65. The second-order valence-electron chi connectivity index (χ2n) is 4.88. The van der Waals surface area contributed by atoms with Gasteiger partial charge in [0.1, 0.15) is 5.82 Å². The molecule has 0 bridgehead atoms. The number of hydrogen-bond acceptors (Lipinski definition) is 5. The molecule has 0 spiro atoms. The summed E-state index contributed by atoms with van der Waals surface area (Å²) in [6.45, 7) is 4.77. The van der Waals surface area contributed by atoms with Crippen molar-refractivity contribution in [3.63, 3.8) is 0 Å². The molecule has 1 aliphatic rings. The van der Waals surface area contributed by atoms with E-state index in [9.17, 15) is 4.79 Å². The number of aromatic nitrogens is 1. The van der Waals surface area contributed by atoms with E-state index in [-0.39, 0.29) is 11.9 Å². The van der Waals surface area contributed by atoms with Crippen molar-refractivity contribution in [2.75, 3.05) is 25.4 Å². The van der Waals surface area contributed by atoms with Gasteiger partial charge in [-0.25, -0.2) is 4.98 Å². The van der Waals surface area contributed by atoms with Crippen molar-refractivity contribution in [3.05, 3.63) is 23.9 Å². The number of nitrogen functional groups attached to an aromatic ring is 1. The Morgan fingerprint density at radius 2 is 2.42 bits per heavy atom. The first kappa shape index (κ1) is 13.8. The average molecular weight is 263 g/mol. The minimum Gasteiger partial charge on any atom is -0.466 e. The van der Waals surface area contributed by atoms with Crippen LogP contribution in [-0.4, -0.2) is 35.5 Å². The lowest BCUT2D eigenvalue weighted by molar-refractivity contribution is -0.150. The number of anilines is 1. The zero-order chi connectivity index (χ0) is 13.7. The Morgan fingerprint density at radius 3 is 3.16 bits per heavy atom. The number of hydrogen-bond donors (Lipinski definition) is 1. The predicted octanol–water partition coefficient (Wildman–Crippen LogP) is 1.44. The number of carbonyl (C=O) groups excluding carboxylic acids is 1. The monoisotopic (exact) mass is 263 g/mol. The van der Waals surface area contributed by atoms with E-state index in [1.165, 1.54) is 0 Å². The van der Waals surface area contributed by atoms with Crippen LogP contribution in [0.1, 0.15) is 25.5 Å². The summed E-state index contributed by atoms with van der Waals surface area (Å²) in [5, 5.41) is 0. The van der Waals surface area contributed by atoms with Gasteiger partial charge in [0.25, 0.3) is 0 Å². The van der Waals surface area contributed by atoms with Crippen molar-refractivity contribution >= 4 is 11.8 Å². The third-order valence-corrected chi connectivity index (χ3v) is 3.34. The molecule has 1 saturated heterocycles.